The fourth-order valence-corrected chi connectivity index (χ4v) is 3.56. The van der Waals surface area contributed by atoms with Gasteiger partial charge in [0, 0.05) is 19.8 Å². The molecule has 1 fully saturated rings. The van der Waals surface area contributed by atoms with Gasteiger partial charge < -0.3 is 19.7 Å². The van der Waals surface area contributed by atoms with Crippen LogP contribution in [0.4, 0.5) is 0 Å². The lowest BCUT2D eigenvalue weighted by Crippen LogP contribution is -2.45. The van der Waals surface area contributed by atoms with Crippen molar-refractivity contribution in [2.45, 2.75) is 26.2 Å². The molecule has 0 aliphatic carbocycles. The van der Waals surface area contributed by atoms with Gasteiger partial charge in [-0.3, -0.25) is 4.79 Å². The maximum absolute atomic E-state index is 11.6. The van der Waals surface area contributed by atoms with Crippen LogP contribution in [0.2, 0.25) is 0 Å². The van der Waals surface area contributed by atoms with Crippen LogP contribution in [0.1, 0.15) is 26.2 Å². The van der Waals surface area contributed by atoms with Crippen molar-refractivity contribution in [2.24, 2.45) is 11.1 Å². The summed E-state index contributed by atoms with van der Waals surface area (Å²) in [7, 11) is 0. The van der Waals surface area contributed by atoms with E-state index >= 15 is 0 Å². The van der Waals surface area contributed by atoms with Gasteiger partial charge >= 0.3 is 0 Å². The minimum Gasteiger partial charge on any atom is -0.342 e. The highest BCUT2D eigenvalue weighted by Gasteiger charge is 2.33. The minimum atomic E-state index is -2.29. The SMILES string of the molecule is CC1(COP(C)(=S)OCCC#N)CCN(C(=O)CN)CC1. The topological polar surface area (TPSA) is 88.6 Å². The molecule has 2 N–H and O–H groups in total. The molecule has 1 saturated heterocycles. The summed E-state index contributed by atoms with van der Waals surface area (Å²) in [5.41, 5.74) is 5.38. The maximum atomic E-state index is 11.6. The predicted molar refractivity (Wildman–Crippen MR) is 85.3 cm³/mol. The van der Waals surface area contributed by atoms with Gasteiger partial charge in [-0.05, 0) is 30.1 Å². The quantitative estimate of drug-likeness (QED) is 0.560. The molecule has 1 amide bonds. The number of piperidine rings is 1. The molecule has 1 aliphatic heterocycles. The van der Waals surface area contributed by atoms with Crippen molar-refractivity contribution < 1.29 is 13.8 Å². The Labute approximate surface area is 131 Å². The van der Waals surface area contributed by atoms with Gasteiger partial charge in [-0.25, -0.2) is 0 Å². The van der Waals surface area contributed by atoms with E-state index in [9.17, 15) is 4.79 Å². The number of amides is 1. The highest BCUT2D eigenvalue weighted by molar-refractivity contribution is 8.09. The van der Waals surface area contributed by atoms with Crippen LogP contribution >= 0.6 is 6.49 Å². The van der Waals surface area contributed by atoms with Crippen LogP contribution in [-0.4, -0.2) is 50.3 Å². The Bertz CT molecular complexity index is 444. The molecule has 0 aromatic heterocycles. The first kappa shape index (κ1) is 18.5. The molecule has 8 heteroatoms. The summed E-state index contributed by atoms with van der Waals surface area (Å²) in [5.74, 6) is -0.00147. The third-order valence-corrected chi connectivity index (χ3v) is 5.57. The van der Waals surface area contributed by atoms with Crippen molar-refractivity contribution in [2.75, 3.05) is 39.5 Å². The van der Waals surface area contributed by atoms with Gasteiger partial charge in [-0.2, -0.15) is 5.26 Å². The normalized spacial score (nSPS) is 20.6. The van der Waals surface area contributed by atoms with E-state index in [4.69, 9.17) is 31.8 Å². The number of nitriles is 1. The van der Waals surface area contributed by atoms with Crippen LogP contribution in [-0.2, 0) is 25.6 Å². The number of carbonyl (C=O) groups excluding carboxylic acids is 1. The number of nitrogens with two attached hydrogens (primary N) is 1. The lowest BCUT2D eigenvalue weighted by molar-refractivity contribution is -0.132. The molecular weight excluding hydrogens is 309 g/mol. The molecule has 0 radical (unpaired) electrons. The number of likely N-dealkylation sites (tertiary alicyclic amines) is 1. The standard InChI is InChI=1S/C13H24N3O3PS/c1-13(4-7-16(8-5-13)12(17)10-15)11-19-20(2,21)18-9-3-6-14/h3-5,7-11,15H2,1-2H3. The molecule has 0 bridgehead atoms. The van der Waals surface area contributed by atoms with Crippen LogP contribution in [0, 0.1) is 16.7 Å². The molecule has 21 heavy (non-hydrogen) atoms. The lowest BCUT2D eigenvalue weighted by atomic mass is 9.81. The van der Waals surface area contributed by atoms with Crippen LogP contribution in [0.25, 0.3) is 0 Å². The Morgan fingerprint density at radius 2 is 2.10 bits per heavy atom. The Morgan fingerprint density at radius 1 is 1.48 bits per heavy atom. The van der Waals surface area contributed by atoms with Gasteiger partial charge in [0.1, 0.15) is 0 Å². The van der Waals surface area contributed by atoms with Crippen molar-refractivity contribution in [3.63, 3.8) is 0 Å². The van der Waals surface area contributed by atoms with Crippen molar-refractivity contribution >= 4 is 24.2 Å². The fraction of sp³-hybridized carbons (Fsp3) is 0.846. The molecule has 6 nitrogen and oxygen atoms in total. The van der Waals surface area contributed by atoms with E-state index in [2.05, 4.69) is 6.92 Å². The van der Waals surface area contributed by atoms with E-state index in [1.165, 1.54) is 0 Å². The third-order valence-electron chi connectivity index (χ3n) is 3.69. The van der Waals surface area contributed by atoms with Crippen LogP contribution in [0.5, 0.6) is 0 Å². The summed E-state index contributed by atoms with van der Waals surface area (Å²) in [6.45, 7) is 3.96. The van der Waals surface area contributed by atoms with Gasteiger partial charge in [0.05, 0.1) is 32.2 Å². The van der Waals surface area contributed by atoms with Crippen LogP contribution < -0.4 is 5.73 Å². The van der Waals surface area contributed by atoms with Gasteiger partial charge in [0.2, 0.25) is 5.91 Å². The second kappa shape index (κ2) is 8.21. The number of nitrogens with zero attached hydrogens (tertiary/aromatic N) is 2. The number of carbonyl (C=O) groups is 1. The molecule has 120 valence electrons. The fourth-order valence-electron chi connectivity index (χ4n) is 2.14. The van der Waals surface area contributed by atoms with E-state index in [1.807, 2.05) is 6.07 Å². The van der Waals surface area contributed by atoms with E-state index in [0.29, 0.717) is 32.7 Å². The van der Waals surface area contributed by atoms with E-state index < -0.39 is 6.49 Å². The molecular formula is C13H24N3O3PS. The largest absolute Gasteiger partial charge is 0.342 e. The Kier molecular flexibility index (Phi) is 7.25. The van der Waals surface area contributed by atoms with E-state index in [1.54, 1.807) is 11.6 Å². The zero-order valence-corrected chi connectivity index (χ0v) is 14.4. The van der Waals surface area contributed by atoms with Gasteiger partial charge in [0.15, 0.2) is 6.49 Å². The first-order valence-electron chi connectivity index (χ1n) is 7.03. The Morgan fingerprint density at radius 3 is 2.62 bits per heavy atom. The summed E-state index contributed by atoms with van der Waals surface area (Å²) >= 11 is 5.33. The molecule has 1 heterocycles. The molecule has 1 aliphatic rings. The van der Waals surface area contributed by atoms with Crippen LogP contribution in [0.3, 0.4) is 0 Å². The smallest absolute Gasteiger partial charge is 0.236 e. The van der Waals surface area contributed by atoms with Crippen molar-refractivity contribution in [1.29, 1.82) is 5.26 Å². The number of hydrogen-bond acceptors (Lipinski definition) is 6. The minimum absolute atomic E-state index is 0.00147. The average molecular weight is 333 g/mol. The molecule has 0 spiro atoms. The predicted octanol–water partition coefficient (Wildman–Crippen LogP) is 1.46. The molecule has 1 unspecified atom stereocenters. The maximum Gasteiger partial charge on any atom is 0.236 e. The monoisotopic (exact) mass is 333 g/mol. The van der Waals surface area contributed by atoms with Gasteiger partial charge in [0.25, 0.3) is 0 Å². The van der Waals surface area contributed by atoms with E-state index in [-0.39, 0.29) is 17.9 Å². The van der Waals surface area contributed by atoms with Crippen molar-refractivity contribution in [3.8, 4) is 6.07 Å². The van der Waals surface area contributed by atoms with Gasteiger partial charge in [-0.15, -0.1) is 0 Å². The Hall–Kier alpha value is -0.510. The first-order chi connectivity index (χ1) is 9.82. The summed E-state index contributed by atoms with van der Waals surface area (Å²) < 4.78 is 11.3. The Balaban J connectivity index is 2.40. The summed E-state index contributed by atoms with van der Waals surface area (Å²) in [5, 5.41) is 8.49. The first-order valence-corrected chi connectivity index (χ1v) is 10.1. The highest BCUT2D eigenvalue weighted by Crippen LogP contribution is 2.47. The van der Waals surface area contributed by atoms with Crippen molar-refractivity contribution in [3.05, 3.63) is 0 Å². The van der Waals surface area contributed by atoms with E-state index in [0.717, 1.165) is 12.8 Å². The average Bonchev–Trinajstić information content (AvgIpc) is 2.46. The summed E-state index contributed by atoms with van der Waals surface area (Å²) in [6.07, 6.45) is 2.06. The van der Waals surface area contributed by atoms with Gasteiger partial charge in [-0.1, -0.05) is 6.92 Å². The third kappa shape index (κ3) is 6.41. The summed E-state index contributed by atoms with van der Waals surface area (Å²) in [6, 6.07) is 2.02. The second-order valence-corrected chi connectivity index (χ2v) is 9.73. The molecule has 0 aromatic rings. The zero-order chi connectivity index (χ0) is 15.9. The molecule has 0 aromatic carbocycles. The second-order valence-electron chi connectivity index (χ2n) is 5.68. The highest BCUT2D eigenvalue weighted by atomic mass is 32.5. The zero-order valence-electron chi connectivity index (χ0n) is 12.7. The van der Waals surface area contributed by atoms with Crippen LogP contribution in [0.15, 0.2) is 0 Å². The number of rotatable bonds is 7. The summed E-state index contributed by atoms with van der Waals surface area (Å²) in [4.78, 5) is 13.4. The van der Waals surface area contributed by atoms with Crippen molar-refractivity contribution in [1.82, 2.24) is 4.90 Å². The molecule has 1 atom stereocenters. The molecule has 0 saturated carbocycles. The molecule has 1 rings (SSSR count). The lowest BCUT2D eigenvalue weighted by Gasteiger charge is -2.39. The number of hydrogen-bond donors (Lipinski definition) is 1.